The highest BCUT2D eigenvalue weighted by molar-refractivity contribution is 5.40. The maximum Gasteiger partial charge on any atom is 0.434 e. The van der Waals surface area contributed by atoms with Crippen molar-refractivity contribution in [1.82, 2.24) is 4.98 Å². The lowest BCUT2D eigenvalue weighted by Crippen LogP contribution is -2.46. The van der Waals surface area contributed by atoms with Gasteiger partial charge in [0.1, 0.15) is 6.07 Å². The standard InChI is InChI=1S/C9H4F6N2O/c10-8(11,12)7(9(13,14)15)18-6-4-17-2-1-5(6)3-16/h1-2,4,7H. The van der Waals surface area contributed by atoms with Crippen LogP contribution in [0.15, 0.2) is 18.5 Å². The molecule has 0 saturated heterocycles. The van der Waals surface area contributed by atoms with Crippen molar-refractivity contribution in [3.8, 4) is 11.8 Å². The molecule has 0 aliphatic carbocycles. The minimum Gasteiger partial charge on any atom is -0.468 e. The van der Waals surface area contributed by atoms with Crippen LogP contribution in [0.25, 0.3) is 0 Å². The van der Waals surface area contributed by atoms with Crippen LogP contribution < -0.4 is 4.74 Å². The van der Waals surface area contributed by atoms with E-state index in [-0.39, 0.29) is 0 Å². The summed E-state index contributed by atoms with van der Waals surface area (Å²) in [5.41, 5.74) is -0.469. The smallest absolute Gasteiger partial charge is 0.434 e. The molecule has 0 radical (unpaired) electrons. The molecule has 1 rings (SSSR count). The van der Waals surface area contributed by atoms with Crippen LogP contribution >= 0.6 is 0 Å². The first-order chi connectivity index (χ1) is 8.16. The largest absolute Gasteiger partial charge is 0.468 e. The van der Waals surface area contributed by atoms with Gasteiger partial charge in [-0.2, -0.15) is 31.6 Å². The van der Waals surface area contributed by atoms with Crippen LogP contribution in [-0.2, 0) is 0 Å². The molecule has 98 valence electrons. The highest BCUT2D eigenvalue weighted by Gasteiger charge is 2.59. The summed E-state index contributed by atoms with van der Waals surface area (Å²) in [4.78, 5) is 3.30. The van der Waals surface area contributed by atoms with Gasteiger partial charge >= 0.3 is 12.4 Å². The lowest BCUT2D eigenvalue weighted by atomic mass is 10.2. The quantitative estimate of drug-likeness (QED) is 0.776. The van der Waals surface area contributed by atoms with Gasteiger partial charge in [-0.3, -0.25) is 4.98 Å². The van der Waals surface area contributed by atoms with E-state index in [9.17, 15) is 26.3 Å². The average molecular weight is 270 g/mol. The Hall–Kier alpha value is -1.98. The SMILES string of the molecule is N#Cc1ccncc1OC(C(F)(F)F)C(F)(F)F. The fraction of sp³-hybridized carbons (Fsp3) is 0.333. The van der Waals surface area contributed by atoms with Crippen LogP contribution in [-0.4, -0.2) is 23.4 Å². The van der Waals surface area contributed by atoms with E-state index in [0.717, 1.165) is 12.3 Å². The second kappa shape index (κ2) is 4.72. The van der Waals surface area contributed by atoms with Crippen molar-refractivity contribution in [3.63, 3.8) is 0 Å². The van der Waals surface area contributed by atoms with Crippen molar-refractivity contribution >= 4 is 0 Å². The molecule has 18 heavy (non-hydrogen) atoms. The van der Waals surface area contributed by atoms with E-state index in [0.29, 0.717) is 6.20 Å². The van der Waals surface area contributed by atoms with Crippen molar-refractivity contribution in [2.45, 2.75) is 18.5 Å². The Morgan fingerprint density at radius 3 is 2.17 bits per heavy atom. The Morgan fingerprint density at radius 2 is 1.72 bits per heavy atom. The first kappa shape index (κ1) is 14.1. The van der Waals surface area contributed by atoms with Gasteiger partial charge in [0.05, 0.1) is 11.8 Å². The molecule has 1 heterocycles. The molecule has 1 aromatic heterocycles. The van der Waals surface area contributed by atoms with E-state index in [1.54, 1.807) is 0 Å². The van der Waals surface area contributed by atoms with Crippen molar-refractivity contribution in [2.75, 3.05) is 0 Å². The van der Waals surface area contributed by atoms with E-state index in [2.05, 4.69) is 9.72 Å². The van der Waals surface area contributed by atoms with Gasteiger partial charge in [-0.05, 0) is 6.07 Å². The van der Waals surface area contributed by atoms with Gasteiger partial charge in [0.15, 0.2) is 5.75 Å². The van der Waals surface area contributed by atoms with Crippen LogP contribution in [0.5, 0.6) is 5.75 Å². The molecule has 0 N–H and O–H groups in total. The zero-order valence-electron chi connectivity index (χ0n) is 8.38. The molecule has 0 saturated carbocycles. The lowest BCUT2D eigenvalue weighted by molar-refractivity contribution is -0.299. The number of hydrogen-bond donors (Lipinski definition) is 0. The van der Waals surface area contributed by atoms with Crippen molar-refractivity contribution in [3.05, 3.63) is 24.0 Å². The summed E-state index contributed by atoms with van der Waals surface area (Å²) >= 11 is 0. The second-order valence-corrected chi connectivity index (χ2v) is 3.06. The zero-order chi connectivity index (χ0) is 14.0. The van der Waals surface area contributed by atoms with Gasteiger partial charge < -0.3 is 4.74 Å². The first-order valence-corrected chi connectivity index (χ1v) is 4.30. The Bertz CT molecular complexity index is 447. The summed E-state index contributed by atoms with van der Waals surface area (Å²) < 4.78 is 77.0. The maximum atomic E-state index is 12.2. The van der Waals surface area contributed by atoms with Crippen LogP contribution in [0.4, 0.5) is 26.3 Å². The van der Waals surface area contributed by atoms with Gasteiger partial charge in [0.25, 0.3) is 6.10 Å². The van der Waals surface area contributed by atoms with E-state index >= 15 is 0 Å². The Kier molecular flexibility index (Phi) is 3.69. The predicted molar refractivity (Wildman–Crippen MR) is 45.5 cm³/mol. The summed E-state index contributed by atoms with van der Waals surface area (Å²) in [5.74, 6) is -0.875. The summed E-state index contributed by atoms with van der Waals surface area (Å²) in [6, 6.07) is 2.35. The average Bonchev–Trinajstić information content (AvgIpc) is 2.23. The number of nitrogens with zero attached hydrogens (tertiary/aromatic N) is 2. The minimum absolute atomic E-state index is 0.469. The molecule has 1 aromatic rings. The zero-order valence-corrected chi connectivity index (χ0v) is 8.38. The number of halogens is 6. The Labute approximate surface area is 96.6 Å². The van der Waals surface area contributed by atoms with E-state index < -0.39 is 29.8 Å². The second-order valence-electron chi connectivity index (χ2n) is 3.06. The van der Waals surface area contributed by atoms with Crippen LogP contribution in [0.2, 0.25) is 0 Å². The summed E-state index contributed by atoms with van der Waals surface area (Å²) in [6.45, 7) is 0. The molecule has 0 aromatic carbocycles. The van der Waals surface area contributed by atoms with Gasteiger partial charge in [-0.1, -0.05) is 0 Å². The maximum absolute atomic E-state index is 12.2. The number of aromatic nitrogens is 1. The lowest BCUT2D eigenvalue weighted by Gasteiger charge is -2.23. The van der Waals surface area contributed by atoms with Crippen molar-refractivity contribution < 1.29 is 31.1 Å². The highest BCUT2D eigenvalue weighted by atomic mass is 19.4. The van der Waals surface area contributed by atoms with Gasteiger partial charge in [0.2, 0.25) is 0 Å². The number of ether oxygens (including phenoxy) is 1. The molecule has 0 aliphatic rings. The van der Waals surface area contributed by atoms with Gasteiger partial charge in [0, 0.05) is 6.20 Å². The monoisotopic (exact) mass is 270 g/mol. The third-order valence-corrected chi connectivity index (χ3v) is 1.74. The Balaban J connectivity index is 3.10. The number of alkyl halides is 6. The fourth-order valence-corrected chi connectivity index (χ4v) is 1.01. The Morgan fingerprint density at radius 1 is 1.17 bits per heavy atom. The topological polar surface area (TPSA) is 45.9 Å². The molecule has 3 nitrogen and oxygen atoms in total. The number of rotatable bonds is 2. The number of hydrogen-bond acceptors (Lipinski definition) is 3. The van der Waals surface area contributed by atoms with Crippen molar-refractivity contribution in [1.29, 1.82) is 5.26 Å². The normalized spacial score (nSPS) is 12.3. The molecule has 0 atom stereocenters. The molecule has 0 bridgehead atoms. The van der Waals surface area contributed by atoms with E-state index in [1.165, 1.54) is 6.07 Å². The van der Waals surface area contributed by atoms with E-state index in [1.807, 2.05) is 0 Å². The summed E-state index contributed by atoms with van der Waals surface area (Å²) in [6.07, 6.45) is -13.6. The molecular formula is C9H4F6N2O. The van der Waals surface area contributed by atoms with Crippen LogP contribution in [0.3, 0.4) is 0 Å². The van der Waals surface area contributed by atoms with Crippen molar-refractivity contribution in [2.24, 2.45) is 0 Å². The first-order valence-electron chi connectivity index (χ1n) is 4.30. The molecule has 9 heteroatoms. The number of nitriles is 1. The highest BCUT2D eigenvalue weighted by Crippen LogP contribution is 2.36. The van der Waals surface area contributed by atoms with Crippen LogP contribution in [0.1, 0.15) is 5.56 Å². The van der Waals surface area contributed by atoms with Gasteiger partial charge in [-0.15, -0.1) is 0 Å². The predicted octanol–water partition coefficient (Wildman–Crippen LogP) is 2.83. The molecule has 0 amide bonds. The number of pyridine rings is 1. The molecular weight excluding hydrogens is 266 g/mol. The summed E-state index contributed by atoms with van der Waals surface area (Å²) in [5, 5.41) is 8.52. The van der Waals surface area contributed by atoms with Gasteiger partial charge in [-0.25, -0.2) is 0 Å². The third-order valence-electron chi connectivity index (χ3n) is 1.74. The molecule has 0 fully saturated rings. The molecule has 0 unspecified atom stereocenters. The fourth-order valence-electron chi connectivity index (χ4n) is 1.01. The molecule has 0 aliphatic heterocycles. The van der Waals surface area contributed by atoms with E-state index in [4.69, 9.17) is 5.26 Å². The minimum atomic E-state index is -5.64. The molecule has 0 spiro atoms. The third kappa shape index (κ3) is 3.26. The van der Waals surface area contributed by atoms with Crippen LogP contribution in [0, 0.1) is 11.3 Å². The summed E-state index contributed by atoms with van der Waals surface area (Å²) in [7, 11) is 0.